The maximum atomic E-state index is 13.2. The van der Waals surface area contributed by atoms with Crippen LogP contribution in [0.25, 0.3) is 33.2 Å². The zero-order valence-corrected chi connectivity index (χ0v) is 23.5. The van der Waals surface area contributed by atoms with Crippen LogP contribution < -0.4 is 16.2 Å². The van der Waals surface area contributed by atoms with Gasteiger partial charge >= 0.3 is 0 Å². The van der Waals surface area contributed by atoms with Gasteiger partial charge in [0.1, 0.15) is 11.4 Å². The molecule has 1 amide bonds. The topological polar surface area (TPSA) is 109 Å². The van der Waals surface area contributed by atoms with Crippen molar-refractivity contribution in [1.82, 2.24) is 20.1 Å². The number of carbonyl (C=O) groups is 1. The molecule has 0 unspecified atom stereocenters. The molecule has 0 aliphatic carbocycles. The first-order valence-electron chi connectivity index (χ1n) is 14.0. The van der Waals surface area contributed by atoms with Crippen molar-refractivity contribution in [3.63, 3.8) is 0 Å². The van der Waals surface area contributed by atoms with E-state index in [2.05, 4.69) is 20.7 Å². The van der Waals surface area contributed by atoms with Crippen LogP contribution >= 0.6 is 0 Å². The summed E-state index contributed by atoms with van der Waals surface area (Å²) >= 11 is 0. The Morgan fingerprint density at radius 2 is 1.58 bits per heavy atom. The second kappa shape index (κ2) is 12.0. The van der Waals surface area contributed by atoms with E-state index in [1.807, 2.05) is 79.7 Å². The molecule has 8 nitrogen and oxygen atoms in total. The minimum atomic E-state index is -0.222. The molecular weight excluding hydrogens is 538 g/mol. The highest BCUT2D eigenvalue weighted by atomic mass is 16.3. The van der Waals surface area contributed by atoms with Gasteiger partial charge in [-0.05, 0) is 60.0 Å². The van der Waals surface area contributed by atoms with Crippen molar-refractivity contribution in [2.45, 2.75) is 20.0 Å². The number of phenols is 1. The quantitative estimate of drug-likeness (QED) is 0.193. The van der Waals surface area contributed by atoms with Gasteiger partial charge in [0, 0.05) is 41.2 Å². The fourth-order valence-electron chi connectivity index (χ4n) is 5.00. The number of hydrogen-bond donors (Lipinski definition) is 3. The molecule has 0 saturated heterocycles. The largest absolute Gasteiger partial charge is 0.508 e. The molecular formula is C35H29N5O3. The molecule has 4 aromatic carbocycles. The lowest BCUT2D eigenvalue weighted by molar-refractivity contribution is 0.0951. The average molecular weight is 568 g/mol. The van der Waals surface area contributed by atoms with E-state index < -0.39 is 0 Å². The Bertz CT molecular complexity index is 2010. The van der Waals surface area contributed by atoms with Crippen molar-refractivity contribution >= 4 is 28.1 Å². The Kier molecular flexibility index (Phi) is 7.65. The zero-order chi connectivity index (χ0) is 29.8. The number of nitrogens with zero attached hydrogens (tertiary/aromatic N) is 3. The van der Waals surface area contributed by atoms with Gasteiger partial charge in [-0.25, -0.2) is 4.68 Å². The lowest BCUT2D eigenvalue weighted by Gasteiger charge is -2.13. The Hall–Kier alpha value is -5.76. The van der Waals surface area contributed by atoms with E-state index in [1.165, 1.54) is 4.68 Å². The molecule has 212 valence electrons. The number of aryl methyl sites for hydroxylation is 1. The van der Waals surface area contributed by atoms with Crippen LogP contribution in [0.3, 0.4) is 0 Å². The number of pyridine rings is 1. The fraction of sp³-hybridized carbons (Fsp3) is 0.0857. The van der Waals surface area contributed by atoms with E-state index in [4.69, 9.17) is 0 Å². The summed E-state index contributed by atoms with van der Waals surface area (Å²) < 4.78 is 1.44. The summed E-state index contributed by atoms with van der Waals surface area (Å²) in [6.45, 7) is 2.60. The standard InChI is InChI=1S/C35H29N5O3/c1-2-40-35(43)32(38-33-22-36-21-28-9-3-4-15-30(28)33)19-31(39-40)26-12-6-10-24(17-26)25-11-7-13-27(18-25)34(42)37-20-23-8-5-14-29(41)16-23/h3-19,21-22,38,41H,2,20H2,1H3,(H,37,42). The van der Waals surface area contributed by atoms with Crippen LogP contribution in [0.15, 0.2) is 120 Å². The van der Waals surface area contributed by atoms with Crippen LogP contribution in [0.5, 0.6) is 5.75 Å². The van der Waals surface area contributed by atoms with E-state index >= 15 is 0 Å². The van der Waals surface area contributed by atoms with Gasteiger partial charge in [-0.1, -0.05) is 66.7 Å². The molecule has 2 heterocycles. The summed E-state index contributed by atoms with van der Waals surface area (Å²) in [5, 5.41) is 22.5. The second-order valence-electron chi connectivity index (χ2n) is 10.1. The minimum Gasteiger partial charge on any atom is -0.508 e. The maximum Gasteiger partial charge on any atom is 0.290 e. The molecule has 0 aliphatic heterocycles. The predicted molar refractivity (Wildman–Crippen MR) is 169 cm³/mol. The third kappa shape index (κ3) is 5.99. The van der Waals surface area contributed by atoms with Gasteiger partial charge in [-0.3, -0.25) is 14.6 Å². The van der Waals surface area contributed by atoms with Gasteiger partial charge in [-0.15, -0.1) is 0 Å². The highest BCUT2D eigenvalue weighted by molar-refractivity contribution is 5.96. The number of benzene rings is 4. The first kappa shape index (κ1) is 27.4. The van der Waals surface area contributed by atoms with Crippen LogP contribution in [-0.2, 0) is 13.1 Å². The number of fused-ring (bicyclic) bond motifs is 1. The average Bonchev–Trinajstić information content (AvgIpc) is 3.05. The Morgan fingerprint density at radius 3 is 2.42 bits per heavy atom. The van der Waals surface area contributed by atoms with Crippen molar-refractivity contribution in [3.05, 3.63) is 137 Å². The first-order valence-corrected chi connectivity index (χ1v) is 14.0. The van der Waals surface area contributed by atoms with Crippen LogP contribution in [0.4, 0.5) is 11.4 Å². The molecule has 0 atom stereocenters. The predicted octanol–water partition coefficient (Wildman–Crippen LogP) is 6.52. The SMILES string of the molecule is CCn1nc(-c2cccc(-c3cccc(C(=O)NCc4cccc(O)c4)c3)c2)cc(Nc2cncc3ccccc23)c1=O. The zero-order valence-electron chi connectivity index (χ0n) is 23.5. The van der Waals surface area contributed by atoms with Gasteiger partial charge in [-0.2, -0.15) is 5.10 Å². The fourth-order valence-corrected chi connectivity index (χ4v) is 5.00. The summed E-state index contributed by atoms with van der Waals surface area (Å²) in [5.74, 6) is -0.0531. The number of hydrogen-bond acceptors (Lipinski definition) is 6. The smallest absolute Gasteiger partial charge is 0.290 e. The molecule has 0 radical (unpaired) electrons. The van der Waals surface area contributed by atoms with Crippen molar-refractivity contribution in [2.75, 3.05) is 5.32 Å². The van der Waals surface area contributed by atoms with Gasteiger partial charge in [0.15, 0.2) is 0 Å². The number of amides is 1. The van der Waals surface area contributed by atoms with E-state index in [0.717, 1.165) is 38.7 Å². The number of aromatic nitrogens is 3. The number of rotatable bonds is 8. The van der Waals surface area contributed by atoms with E-state index in [0.29, 0.717) is 30.0 Å². The minimum absolute atomic E-state index is 0.158. The summed E-state index contributed by atoms with van der Waals surface area (Å²) in [4.78, 5) is 30.5. The monoisotopic (exact) mass is 567 g/mol. The molecule has 0 aliphatic rings. The number of nitrogens with one attached hydrogen (secondary N) is 2. The van der Waals surface area contributed by atoms with Crippen LogP contribution in [0.1, 0.15) is 22.8 Å². The summed E-state index contributed by atoms with van der Waals surface area (Å²) in [6.07, 6.45) is 3.51. The van der Waals surface area contributed by atoms with Gasteiger partial charge in [0.2, 0.25) is 0 Å². The van der Waals surface area contributed by atoms with Gasteiger partial charge < -0.3 is 15.7 Å². The lowest BCUT2D eigenvalue weighted by atomic mass is 9.99. The second-order valence-corrected chi connectivity index (χ2v) is 10.1. The third-order valence-electron chi connectivity index (χ3n) is 7.19. The van der Waals surface area contributed by atoms with Crippen molar-refractivity contribution in [2.24, 2.45) is 0 Å². The molecule has 8 heteroatoms. The number of phenolic OH excluding ortho intramolecular Hbond substituents is 1. The molecule has 0 bridgehead atoms. The normalized spacial score (nSPS) is 10.9. The van der Waals surface area contributed by atoms with Crippen LogP contribution in [-0.4, -0.2) is 25.8 Å². The summed E-state index contributed by atoms with van der Waals surface area (Å²) in [7, 11) is 0. The highest BCUT2D eigenvalue weighted by Crippen LogP contribution is 2.29. The summed E-state index contributed by atoms with van der Waals surface area (Å²) in [6, 6.07) is 31.7. The first-order chi connectivity index (χ1) is 21.0. The third-order valence-corrected chi connectivity index (χ3v) is 7.19. The lowest BCUT2D eigenvalue weighted by Crippen LogP contribution is -2.24. The molecule has 0 spiro atoms. The number of aromatic hydroxyl groups is 1. The molecule has 6 aromatic rings. The van der Waals surface area contributed by atoms with E-state index in [-0.39, 0.29) is 17.2 Å². The Balaban J connectivity index is 1.29. The molecule has 0 saturated carbocycles. The van der Waals surface area contributed by atoms with Crippen molar-refractivity contribution in [3.8, 4) is 28.1 Å². The van der Waals surface area contributed by atoms with Crippen molar-refractivity contribution < 1.29 is 9.90 Å². The van der Waals surface area contributed by atoms with Gasteiger partial charge in [0.05, 0.1) is 17.6 Å². The molecule has 43 heavy (non-hydrogen) atoms. The molecule has 0 fully saturated rings. The van der Waals surface area contributed by atoms with Crippen LogP contribution in [0.2, 0.25) is 0 Å². The van der Waals surface area contributed by atoms with E-state index in [1.54, 1.807) is 42.7 Å². The molecule has 3 N–H and O–H groups in total. The molecule has 2 aromatic heterocycles. The van der Waals surface area contributed by atoms with Crippen LogP contribution in [0, 0.1) is 0 Å². The Labute approximate surface area is 248 Å². The summed E-state index contributed by atoms with van der Waals surface area (Å²) in [5.41, 5.74) is 5.50. The van der Waals surface area contributed by atoms with E-state index in [9.17, 15) is 14.7 Å². The number of anilines is 2. The highest BCUT2D eigenvalue weighted by Gasteiger charge is 2.13. The Morgan fingerprint density at radius 1 is 0.814 bits per heavy atom. The van der Waals surface area contributed by atoms with Gasteiger partial charge in [0.25, 0.3) is 11.5 Å². The van der Waals surface area contributed by atoms with Crippen molar-refractivity contribution in [1.29, 1.82) is 0 Å². The maximum absolute atomic E-state index is 13.2. The molecule has 6 rings (SSSR count). The number of carbonyl (C=O) groups excluding carboxylic acids is 1.